The molecule has 0 bridgehead atoms. The summed E-state index contributed by atoms with van der Waals surface area (Å²) in [5, 5.41) is 0. The SMILES string of the molecule is CC(c1ccc(Br)cc1F)N(C)C1CCC(N)CC1. The van der Waals surface area contributed by atoms with E-state index in [4.69, 9.17) is 5.73 Å². The van der Waals surface area contributed by atoms with E-state index in [1.54, 1.807) is 0 Å². The fourth-order valence-electron chi connectivity index (χ4n) is 2.88. The molecule has 0 aromatic heterocycles. The molecule has 0 spiro atoms. The summed E-state index contributed by atoms with van der Waals surface area (Å²) in [5.74, 6) is -0.138. The van der Waals surface area contributed by atoms with Crippen molar-refractivity contribution in [2.75, 3.05) is 7.05 Å². The first-order valence-corrected chi connectivity index (χ1v) is 7.70. The molecule has 1 fully saturated rings. The van der Waals surface area contributed by atoms with Crippen LogP contribution >= 0.6 is 15.9 Å². The molecule has 1 aliphatic rings. The van der Waals surface area contributed by atoms with Crippen molar-refractivity contribution in [3.05, 3.63) is 34.1 Å². The third-order valence-electron chi connectivity index (χ3n) is 4.34. The van der Waals surface area contributed by atoms with E-state index in [1.807, 2.05) is 12.1 Å². The van der Waals surface area contributed by atoms with Gasteiger partial charge in [-0.15, -0.1) is 0 Å². The van der Waals surface area contributed by atoms with Gasteiger partial charge in [0, 0.05) is 28.2 Å². The molecule has 2 rings (SSSR count). The monoisotopic (exact) mass is 328 g/mol. The van der Waals surface area contributed by atoms with E-state index in [-0.39, 0.29) is 11.9 Å². The largest absolute Gasteiger partial charge is 0.328 e. The van der Waals surface area contributed by atoms with Crippen LogP contribution in [0.15, 0.2) is 22.7 Å². The minimum Gasteiger partial charge on any atom is -0.328 e. The topological polar surface area (TPSA) is 29.3 Å². The van der Waals surface area contributed by atoms with E-state index in [1.165, 1.54) is 6.07 Å². The molecule has 2 N–H and O–H groups in total. The second kappa shape index (κ2) is 6.33. The summed E-state index contributed by atoms with van der Waals surface area (Å²) in [5.41, 5.74) is 6.71. The zero-order valence-electron chi connectivity index (χ0n) is 11.6. The lowest BCUT2D eigenvalue weighted by Gasteiger charge is -2.37. The van der Waals surface area contributed by atoms with Crippen molar-refractivity contribution in [1.29, 1.82) is 0 Å². The van der Waals surface area contributed by atoms with Crippen molar-refractivity contribution in [3.63, 3.8) is 0 Å². The predicted molar refractivity (Wildman–Crippen MR) is 80.5 cm³/mol. The van der Waals surface area contributed by atoms with Crippen molar-refractivity contribution < 1.29 is 4.39 Å². The first-order valence-electron chi connectivity index (χ1n) is 6.91. The molecule has 106 valence electrons. The van der Waals surface area contributed by atoms with Gasteiger partial charge in [0.2, 0.25) is 0 Å². The summed E-state index contributed by atoms with van der Waals surface area (Å²) in [7, 11) is 2.09. The van der Waals surface area contributed by atoms with E-state index < -0.39 is 0 Å². The van der Waals surface area contributed by atoms with Crippen LogP contribution in [-0.2, 0) is 0 Å². The molecule has 0 aliphatic heterocycles. The molecule has 0 heterocycles. The van der Waals surface area contributed by atoms with Crippen LogP contribution in [0.2, 0.25) is 0 Å². The Balaban J connectivity index is 2.08. The van der Waals surface area contributed by atoms with Gasteiger partial charge in [0.1, 0.15) is 5.82 Å². The normalized spacial score (nSPS) is 25.6. The summed E-state index contributed by atoms with van der Waals surface area (Å²) in [6.45, 7) is 2.07. The van der Waals surface area contributed by atoms with Gasteiger partial charge in [0.15, 0.2) is 0 Å². The lowest BCUT2D eigenvalue weighted by Crippen LogP contribution is -2.40. The Morgan fingerprint density at radius 2 is 1.95 bits per heavy atom. The Bertz CT molecular complexity index is 430. The highest BCUT2D eigenvalue weighted by molar-refractivity contribution is 9.10. The quantitative estimate of drug-likeness (QED) is 0.913. The molecule has 4 heteroatoms. The number of benzene rings is 1. The predicted octanol–water partition coefficient (Wildman–Crippen LogP) is 3.85. The van der Waals surface area contributed by atoms with Crippen molar-refractivity contribution in [3.8, 4) is 0 Å². The molecule has 0 saturated heterocycles. The number of halogens is 2. The van der Waals surface area contributed by atoms with Crippen LogP contribution in [0.1, 0.15) is 44.2 Å². The van der Waals surface area contributed by atoms with Crippen LogP contribution in [0.5, 0.6) is 0 Å². The van der Waals surface area contributed by atoms with Crippen molar-refractivity contribution in [2.45, 2.75) is 50.7 Å². The molecule has 1 saturated carbocycles. The Morgan fingerprint density at radius 3 is 2.53 bits per heavy atom. The molecule has 1 atom stereocenters. The molecular formula is C15H22BrFN2. The van der Waals surface area contributed by atoms with Gasteiger partial charge in [-0.3, -0.25) is 4.90 Å². The molecule has 1 aromatic rings. The average Bonchev–Trinajstić information content (AvgIpc) is 2.38. The highest BCUT2D eigenvalue weighted by atomic mass is 79.9. The molecule has 19 heavy (non-hydrogen) atoms. The Morgan fingerprint density at radius 1 is 1.32 bits per heavy atom. The Labute approximate surface area is 123 Å². The zero-order chi connectivity index (χ0) is 14.0. The highest BCUT2D eigenvalue weighted by Gasteiger charge is 2.26. The van der Waals surface area contributed by atoms with Gasteiger partial charge in [-0.2, -0.15) is 0 Å². The van der Waals surface area contributed by atoms with Gasteiger partial charge in [-0.1, -0.05) is 22.0 Å². The maximum Gasteiger partial charge on any atom is 0.129 e. The average molecular weight is 329 g/mol. The fraction of sp³-hybridized carbons (Fsp3) is 0.600. The lowest BCUT2D eigenvalue weighted by molar-refractivity contribution is 0.138. The van der Waals surface area contributed by atoms with Crippen LogP contribution in [0, 0.1) is 5.82 Å². The molecule has 1 unspecified atom stereocenters. The first-order chi connectivity index (χ1) is 8.99. The maximum atomic E-state index is 14.0. The van der Waals surface area contributed by atoms with E-state index in [2.05, 4.69) is 34.8 Å². The van der Waals surface area contributed by atoms with E-state index in [9.17, 15) is 4.39 Å². The van der Waals surface area contributed by atoms with Crippen molar-refractivity contribution in [2.24, 2.45) is 5.73 Å². The summed E-state index contributed by atoms with van der Waals surface area (Å²) >= 11 is 3.30. The van der Waals surface area contributed by atoms with Crippen LogP contribution in [-0.4, -0.2) is 24.0 Å². The molecule has 1 aromatic carbocycles. The number of nitrogens with zero attached hydrogens (tertiary/aromatic N) is 1. The second-order valence-corrected chi connectivity index (χ2v) is 6.49. The maximum absolute atomic E-state index is 14.0. The standard InChI is InChI=1S/C15H22BrFN2/c1-10(14-8-3-11(16)9-15(14)17)19(2)13-6-4-12(18)5-7-13/h3,8-10,12-13H,4-7,18H2,1-2H3. The summed E-state index contributed by atoms with van der Waals surface area (Å²) in [6.07, 6.45) is 4.37. The van der Waals surface area contributed by atoms with E-state index >= 15 is 0 Å². The Kier molecular flexibility index (Phi) is 4.98. The van der Waals surface area contributed by atoms with Gasteiger partial charge in [-0.05, 0) is 51.8 Å². The number of hydrogen-bond acceptors (Lipinski definition) is 2. The Hall–Kier alpha value is -0.450. The molecular weight excluding hydrogens is 307 g/mol. The number of nitrogens with two attached hydrogens (primary N) is 1. The third-order valence-corrected chi connectivity index (χ3v) is 4.83. The van der Waals surface area contributed by atoms with Crippen LogP contribution in [0.3, 0.4) is 0 Å². The first kappa shape index (κ1) is 14.9. The summed E-state index contributed by atoms with van der Waals surface area (Å²) < 4.78 is 14.8. The minimum atomic E-state index is -0.138. The third kappa shape index (κ3) is 3.56. The molecule has 2 nitrogen and oxygen atoms in total. The van der Waals surface area contributed by atoms with Gasteiger partial charge in [-0.25, -0.2) is 4.39 Å². The van der Waals surface area contributed by atoms with Crippen LogP contribution in [0.25, 0.3) is 0 Å². The van der Waals surface area contributed by atoms with Gasteiger partial charge < -0.3 is 5.73 Å². The van der Waals surface area contributed by atoms with Crippen molar-refractivity contribution >= 4 is 15.9 Å². The molecule has 0 amide bonds. The van der Waals surface area contributed by atoms with Crippen LogP contribution < -0.4 is 5.73 Å². The molecule has 1 aliphatic carbocycles. The van der Waals surface area contributed by atoms with Crippen molar-refractivity contribution in [1.82, 2.24) is 4.90 Å². The summed E-state index contributed by atoms with van der Waals surface area (Å²) in [6, 6.07) is 6.26. The number of hydrogen-bond donors (Lipinski definition) is 1. The zero-order valence-corrected chi connectivity index (χ0v) is 13.2. The minimum absolute atomic E-state index is 0.0902. The van der Waals surface area contributed by atoms with E-state index in [0.717, 1.165) is 35.7 Å². The lowest BCUT2D eigenvalue weighted by atomic mass is 9.89. The number of rotatable bonds is 3. The van der Waals surface area contributed by atoms with Gasteiger partial charge in [0.25, 0.3) is 0 Å². The molecule has 0 radical (unpaired) electrons. The fourth-order valence-corrected chi connectivity index (χ4v) is 3.22. The van der Waals surface area contributed by atoms with Gasteiger partial charge in [0.05, 0.1) is 0 Å². The van der Waals surface area contributed by atoms with Gasteiger partial charge >= 0.3 is 0 Å². The second-order valence-electron chi connectivity index (χ2n) is 5.58. The van der Waals surface area contributed by atoms with E-state index in [0.29, 0.717) is 12.1 Å². The van der Waals surface area contributed by atoms with Crippen LogP contribution in [0.4, 0.5) is 4.39 Å². The highest BCUT2D eigenvalue weighted by Crippen LogP contribution is 2.30. The smallest absolute Gasteiger partial charge is 0.129 e. The summed E-state index contributed by atoms with van der Waals surface area (Å²) in [4.78, 5) is 2.29.